The molecule has 1 amide bonds. The normalized spacial score (nSPS) is 10.7. The number of ether oxygens (including phenoxy) is 1. The summed E-state index contributed by atoms with van der Waals surface area (Å²) in [5, 5.41) is 3.11. The van der Waals surface area contributed by atoms with Crippen LogP contribution in [0.15, 0.2) is 82.3 Å². The van der Waals surface area contributed by atoms with Crippen molar-refractivity contribution in [3.05, 3.63) is 100 Å². The Morgan fingerprint density at radius 3 is 2.72 bits per heavy atom. The molecular weight excluding hydrogens is 368 g/mol. The predicted octanol–water partition coefficient (Wildman–Crippen LogP) is 4.22. The van der Waals surface area contributed by atoms with Gasteiger partial charge in [-0.25, -0.2) is 4.98 Å². The molecule has 0 saturated heterocycles. The first kappa shape index (κ1) is 18.4. The number of pyridine rings is 1. The summed E-state index contributed by atoms with van der Waals surface area (Å²) in [7, 11) is 0. The molecule has 0 fully saturated rings. The van der Waals surface area contributed by atoms with Gasteiger partial charge in [0.1, 0.15) is 23.2 Å². The molecule has 0 spiro atoms. The molecule has 0 aliphatic carbocycles. The summed E-state index contributed by atoms with van der Waals surface area (Å²) in [5.74, 6) is 0.566. The maximum atomic E-state index is 12.6. The first-order valence-electron chi connectivity index (χ1n) is 9.09. The maximum absolute atomic E-state index is 12.6. The van der Waals surface area contributed by atoms with E-state index in [1.165, 1.54) is 6.26 Å². The summed E-state index contributed by atoms with van der Waals surface area (Å²) in [6, 6.07) is 18.0. The zero-order valence-corrected chi connectivity index (χ0v) is 15.7. The summed E-state index contributed by atoms with van der Waals surface area (Å²) < 4.78 is 11.3. The van der Waals surface area contributed by atoms with Gasteiger partial charge in [0.25, 0.3) is 5.91 Å². The number of hydrogen-bond acceptors (Lipinski definition) is 5. The van der Waals surface area contributed by atoms with Gasteiger partial charge in [-0.15, -0.1) is 0 Å². The van der Waals surface area contributed by atoms with Crippen molar-refractivity contribution in [1.29, 1.82) is 0 Å². The number of aromatic nitrogens is 1. The lowest BCUT2D eigenvalue weighted by Crippen LogP contribution is -2.28. The topological polar surface area (TPSA) is 81.4 Å². The van der Waals surface area contributed by atoms with Crippen molar-refractivity contribution in [1.82, 2.24) is 10.3 Å². The second kappa shape index (κ2) is 7.98. The number of carbonyl (C=O) groups excluding carboxylic acids is 1. The van der Waals surface area contributed by atoms with Crippen molar-refractivity contribution in [3.8, 4) is 11.6 Å². The van der Waals surface area contributed by atoms with E-state index in [0.717, 1.165) is 5.56 Å². The predicted molar refractivity (Wildman–Crippen MR) is 109 cm³/mol. The van der Waals surface area contributed by atoms with Gasteiger partial charge in [-0.1, -0.05) is 36.4 Å². The van der Waals surface area contributed by atoms with Crippen LogP contribution in [0.4, 0.5) is 0 Å². The van der Waals surface area contributed by atoms with E-state index in [4.69, 9.17) is 9.15 Å². The van der Waals surface area contributed by atoms with Crippen molar-refractivity contribution in [2.45, 2.75) is 13.5 Å². The van der Waals surface area contributed by atoms with Gasteiger partial charge in [0.05, 0.1) is 5.39 Å². The van der Waals surface area contributed by atoms with Crippen LogP contribution in [0.3, 0.4) is 0 Å². The monoisotopic (exact) mass is 386 g/mol. The third kappa shape index (κ3) is 3.87. The highest BCUT2D eigenvalue weighted by molar-refractivity contribution is 5.96. The van der Waals surface area contributed by atoms with Gasteiger partial charge in [-0.2, -0.15) is 0 Å². The molecule has 0 saturated carbocycles. The minimum absolute atomic E-state index is 0.0473. The van der Waals surface area contributed by atoms with Crippen LogP contribution in [0, 0.1) is 6.92 Å². The van der Waals surface area contributed by atoms with E-state index in [9.17, 15) is 9.59 Å². The number of rotatable bonds is 5. The van der Waals surface area contributed by atoms with Crippen LogP contribution in [-0.2, 0) is 6.54 Å². The van der Waals surface area contributed by atoms with Crippen LogP contribution in [0.1, 0.15) is 21.5 Å². The van der Waals surface area contributed by atoms with Crippen LogP contribution >= 0.6 is 0 Å². The minimum Gasteiger partial charge on any atom is -0.463 e. The molecule has 6 nitrogen and oxygen atoms in total. The van der Waals surface area contributed by atoms with Crippen molar-refractivity contribution in [2.75, 3.05) is 0 Å². The zero-order chi connectivity index (χ0) is 20.2. The SMILES string of the molecule is Cc1ccccc1Oc1ncccc1CNC(=O)c1coc2ccccc2c1=O. The summed E-state index contributed by atoms with van der Waals surface area (Å²) in [4.78, 5) is 29.4. The Hall–Kier alpha value is -3.93. The number of nitrogens with one attached hydrogen (secondary N) is 1. The van der Waals surface area contributed by atoms with Gasteiger partial charge in [0, 0.05) is 18.3 Å². The Morgan fingerprint density at radius 1 is 1.07 bits per heavy atom. The molecule has 0 unspecified atom stereocenters. The lowest BCUT2D eigenvalue weighted by atomic mass is 10.1. The van der Waals surface area contributed by atoms with Gasteiger partial charge in [0.2, 0.25) is 11.3 Å². The summed E-state index contributed by atoms with van der Waals surface area (Å²) in [6.45, 7) is 2.10. The van der Waals surface area contributed by atoms with Gasteiger partial charge in [-0.05, 0) is 36.8 Å². The molecule has 6 heteroatoms. The van der Waals surface area contributed by atoms with E-state index in [-0.39, 0.29) is 17.5 Å². The highest BCUT2D eigenvalue weighted by Gasteiger charge is 2.15. The third-order valence-corrected chi connectivity index (χ3v) is 4.51. The number of benzene rings is 2. The molecule has 144 valence electrons. The molecule has 2 aromatic heterocycles. The number of para-hydroxylation sites is 2. The molecule has 0 radical (unpaired) electrons. The van der Waals surface area contributed by atoms with Crippen LogP contribution < -0.4 is 15.5 Å². The van der Waals surface area contributed by atoms with E-state index in [1.54, 1.807) is 36.5 Å². The number of carbonyl (C=O) groups is 1. The van der Waals surface area contributed by atoms with Crippen LogP contribution in [0.25, 0.3) is 11.0 Å². The number of aryl methyl sites for hydroxylation is 1. The summed E-state index contributed by atoms with van der Waals surface area (Å²) >= 11 is 0. The molecule has 1 N–H and O–H groups in total. The van der Waals surface area contributed by atoms with Crippen molar-refractivity contribution in [2.24, 2.45) is 0 Å². The first-order chi connectivity index (χ1) is 14.1. The van der Waals surface area contributed by atoms with E-state index in [2.05, 4.69) is 10.3 Å². The molecule has 29 heavy (non-hydrogen) atoms. The second-order valence-electron chi connectivity index (χ2n) is 6.49. The standard InChI is InChI=1S/C23H18N2O4/c1-15-7-2-4-10-19(15)29-23-16(8-6-12-24-23)13-25-22(27)18-14-28-20-11-5-3-9-17(20)21(18)26/h2-12,14H,13H2,1H3,(H,25,27). The van der Waals surface area contributed by atoms with E-state index in [0.29, 0.717) is 28.2 Å². The van der Waals surface area contributed by atoms with Gasteiger partial charge in [-0.3, -0.25) is 9.59 Å². The van der Waals surface area contributed by atoms with Crippen LogP contribution in [-0.4, -0.2) is 10.9 Å². The molecule has 2 heterocycles. The van der Waals surface area contributed by atoms with Crippen LogP contribution in [0.5, 0.6) is 11.6 Å². The Labute approximate surface area is 166 Å². The number of fused-ring (bicyclic) bond motifs is 1. The minimum atomic E-state index is -0.518. The van der Waals surface area contributed by atoms with E-state index < -0.39 is 5.91 Å². The van der Waals surface area contributed by atoms with E-state index in [1.807, 2.05) is 37.3 Å². The highest BCUT2D eigenvalue weighted by atomic mass is 16.5. The molecule has 0 aliphatic rings. The van der Waals surface area contributed by atoms with E-state index >= 15 is 0 Å². The Bertz CT molecular complexity index is 1250. The fourth-order valence-electron chi connectivity index (χ4n) is 2.93. The molecular formula is C23H18N2O4. The second-order valence-corrected chi connectivity index (χ2v) is 6.49. The Kier molecular flexibility index (Phi) is 5.07. The maximum Gasteiger partial charge on any atom is 0.258 e. The average molecular weight is 386 g/mol. The molecule has 4 rings (SSSR count). The van der Waals surface area contributed by atoms with Crippen molar-refractivity contribution >= 4 is 16.9 Å². The first-order valence-corrected chi connectivity index (χ1v) is 9.09. The fraction of sp³-hybridized carbons (Fsp3) is 0.0870. The van der Waals surface area contributed by atoms with Gasteiger partial charge >= 0.3 is 0 Å². The third-order valence-electron chi connectivity index (χ3n) is 4.51. The largest absolute Gasteiger partial charge is 0.463 e. The molecule has 0 aliphatic heterocycles. The molecule has 4 aromatic rings. The van der Waals surface area contributed by atoms with Gasteiger partial charge in [0.15, 0.2) is 0 Å². The Balaban J connectivity index is 1.54. The van der Waals surface area contributed by atoms with Crippen molar-refractivity contribution in [3.63, 3.8) is 0 Å². The van der Waals surface area contributed by atoms with Crippen molar-refractivity contribution < 1.29 is 13.9 Å². The highest BCUT2D eigenvalue weighted by Crippen LogP contribution is 2.25. The smallest absolute Gasteiger partial charge is 0.258 e. The quantitative estimate of drug-likeness (QED) is 0.555. The number of hydrogen-bond donors (Lipinski definition) is 1. The lowest BCUT2D eigenvalue weighted by molar-refractivity contribution is 0.0948. The Morgan fingerprint density at radius 2 is 1.86 bits per heavy atom. The summed E-state index contributed by atoms with van der Waals surface area (Å²) in [5.41, 5.74) is 1.69. The van der Waals surface area contributed by atoms with Gasteiger partial charge < -0.3 is 14.5 Å². The molecule has 0 atom stereocenters. The zero-order valence-electron chi connectivity index (χ0n) is 15.7. The summed E-state index contributed by atoms with van der Waals surface area (Å²) in [6.07, 6.45) is 2.81. The number of nitrogens with zero attached hydrogens (tertiary/aromatic N) is 1. The lowest BCUT2D eigenvalue weighted by Gasteiger charge is -2.12. The fourth-order valence-corrected chi connectivity index (χ4v) is 2.93. The average Bonchev–Trinajstić information content (AvgIpc) is 2.75. The molecule has 0 bridgehead atoms. The van der Waals surface area contributed by atoms with Crippen LogP contribution in [0.2, 0.25) is 0 Å². The number of amides is 1. The molecule has 2 aromatic carbocycles.